The first-order valence-corrected chi connectivity index (χ1v) is 8.73. The van der Waals surface area contributed by atoms with Gasteiger partial charge in [-0.05, 0) is 49.4 Å². The molecule has 2 unspecified atom stereocenters. The van der Waals surface area contributed by atoms with E-state index in [1.807, 2.05) is 30.3 Å². The van der Waals surface area contributed by atoms with E-state index in [0.717, 1.165) is 17.9 Å². The maximum atomic E-state index is 12.5. The van der Waals surface area contributed by atoms with E-state index in [0.29, 0.717) is 17.1 Å². The Labute approximate surface area is 129 Å². The highest BCUT2D eigenvalue weighted by molar-refractivity contribution is 5.96. The summed E-state index contributed by atoms with van der Waals surface area (Å²) in [6.45, 7) is 2.47. The summed E-state index contributed by atoms with van der Waals surface area (Å²) in [5.41, 5.74) is 1.39. The fourth-order valence-corrected chi connectivity index (χ4v) is 4.58. The second-order valence-electron chi connectivity index (χ2n) is 7.75. The summed E-state index contributed by atoms with van der Waals surface area (Å²) < 4.78 is 0. The molecule has 114 valence electrons. The lowest BCUT2D eigenvalue weighted by Crippen LogP contribution is -2.24. The van der Waals surface area contributed by atoms with Crippen LogP contribution in [0.15, 0.2) is 30.3 Å². The van der Waals surface area contributed by atoms with Gasteiger partial charge in [0.25, 0.3) is 0 Å². The van der Waals surface area contributed by atoms with E-state index in [1.165, 1.54) is 51.4 Å². The van der Waals surface area contributed by atoms with Crippen LogP contribution in [0, 0.1) is 17.3 Å². The van der Waals surface area contributed by atoms with Crippen LogP contribution in [0.1, 0.15) is 75.1 Å². The quantitative estimate of drug-likeness (QED) is 0.656. The van der Waals surface area contributed by atoms with Gasteiger partial charge in [-0.3, -0.25) is 4.79 Å². The highest BCUT2D eigenvalue weighted by atomic mass is 16.1. The average molecular weight is 284 g/mol. The molecule has 1 aromatic carbocycles. The molecule has 1 aromatic rings. The summed E-state index contributed by atoms with van der Waals surface area (Å²) in [6, 6.07) is 9.85. The zero-order valence-electron chi connectivity index (χ0n) is 13.3. The van der Waals surface area contributed by atoms with E-state index in [9.17, 15) is 4.79 Å². The summed E-state index contributed by atoms with van der Waals surface area (Å²) in [5, 5.41) is 0. The molecule has 0 aromatic heterocycles. The Morgan fingerprint density at radius 3 is 2.71 bits per heavy atom. The van der Waals surface area contributed by atoms with Gasteiger partial charge >= 0.3 is 0 Å². The summed E-state index contributed by atoms with van der Waals surface area (Å²) >= 11 is 0. The Bertz CT molecular complexity index is 478. The maximum absolute atomic E-state index is 12.5. The lowest BCUT2D eigenvalue weighted by Gasteiger charge is -2.34. The van der Waals surface area contributed by atoms with Crippen molar-refractivity contribution < 1.29 is 4.79 Å². The van der Waals surface area contributed by atoms with Crippen LogP contribution in [0.3, 0.4) is 0 Å². The second-order valence-corrected chi connectivity index (χ2v) is 7.75. The SMILES string of the molecule is CC12CCC[C@@H](CCC(CC(=O)c3ccccc3)C1)CC2. The lowest BCUT2D eigenvalue weighted by molar-refractivity contribution is 0.0922. The smallest absolute Gasteiger partial charge is 0.163 e. The van der Waals surface area contributed by atoms with Gasteiger partial charge in [0, 0.05) is 12.0 Å². The Kier molecular flexibility index (Phi) is 4.47. The zero-order valence-corrected chi connectivity index (χ0v) is 13.3. The van der Waals surface area contributed by atoms with Crippen molar-refractivity contribution in [2.24, 2.45) is 17.3 Å². The van der Waals surface area contributed by atoms with Crippen molar-refractivity contribution in [1.82, 2.24) is 0 Å². The number of hydrogen-bond donors (Lipinski definition) is 0. The Morgan fingerprint density at radius 2 is 1.90 bits per heavy atom. The van der Waals surface area contributed by atoms with E-state index in [2.05, 4.69) is 6.92 Å². The molecule has 0 N–H and O–H groups in total. The average Bonchev–Trinajstić information content (AvgIpc) is 2.62. The van der Waals surface area contributed by atoms with Gasteiger partial charge in [-0.15, -0.1) is 0 Å². The van der Waals surface area contributed by atoms with Crippen LogP contribution >= 0.6 is 0 Å². The third-order valence-electron chi connectivity index (χ3n) is 5.88. The minimum absolute atomic E-state index is 0.347. The van der Waals surface area contributed by atoms with Crippen LogP contribution in [0.2, 0.25) is 0 Å². The molecule has 3 rings (SSSR count). The molecule has 3 atom stereocenters. The summed E-state index contributed by atoms with van der Waals surface area (Å²) in [4.78, 5) is 12.5. The van der Waals surface area contributed by atoms with Crippen molar-refractivity contribution in [2.75, 3.05) is 0 Å². The summed E-state index contributed by atoms with van der Waals surface area (Å²) in [6.07, 6.45) is 11.6. The molecule has 21 heavy (non-hydrogen) atoms. The van der Waals surface area contributed by atoms with Gasteiger partial charge in [-0.2, -0.15) is 0 Å². The minimum atomic E-state index is 0.347. The molecule has 2 bridgehead atoms. The van der Waals surface area contributed by atoms with Crippen LogP contribution in [-0.4, -0.2) is 5.78 Å². The van der Waals surface area contributed by atoms with Gasteiger partial charge in [0.15, 0.2) is 5.78 Å². The standard InChI is InChI=1S/C20H28O/c1-20-12-5-6-16(11-13-20)9-10-17(15-20)14-19(21)18-7-3-2-4-8-18/h2-4,7-8,16-17H,5-6,9-15H2,1H3/t16-,17?,20?/m0/s1. The first-order chi connectivity index (χ1) is 10.1. The van der Waals surface area contributed by atoms with E-state index < -0.39 is 0 Å². The molecule has 2 fully saturated rings. The Hall–Kier alpha value is -1.11. The number of carbonyl (C=O) groups is 1. The summed E-state index contributed by atoms with van der Waals surface area (Å²) in [5.74, 6) is 1.88. The first kappa shape index (κ1) is 14.8. The van der Waals surface area contributed by atoms with Crippen molar-refractivity contribution in [3.63, 3.8) is 0 Å². The molecule has 0 amide bonds. The maximum Gasteiger partial charge on any atom is 0.163 e. The van der Waals surface area contributed by atoms with E-state index >= 15 is 0 Å². The number of fused-ring (bicyclic) bond motifs is 3. The number of carbonyl (C=O) groups excluding carboxylic acids is 1. The first-order valence-electron chi connectivity index (χ1n) is 8.73. The topological polar surface area (TPSA) is 17.1 Å². The monoisotopic (exact) mass is 284 g/mol. The molecule has 1 nitrogen and oxygen atoms in total. The molecule has 2 aliphatic carbocycles. The second kappa shape index (κ2) is 6.34. The van der Waals surface area contributed by atoms with Crippen LogP contribution in [0.25, 0.3) is 0 Å². The van der Waals surface area contributed by atoms with Crippen molar-refractivity contribution in [3.8, 4) is 0 Å². The number of hydrogen-bond acceptors (Lipinski definition) is 1. The molecule has 0 heterocycles. The van der Waals surface area contributed by atoms with Crippen molar-refractivity contribution in [3.05, 3.63) is 35.9 Å². The van der Waals surface area contributed by atoms with Crippen molar-refractivity contribution >= 4 is 5.78 Å². The number of rotatable bonds is 3. The fourth-order valence-electron chi connectivity index (χ4n) is 4.58. The zero-order chi connectivity index (χ0) is 14.7. The molecule has 1 heteroatoms. The summed E-state index contributed by atoms with van der Waals surface area (Å²) in [7, 11) is 0. The van der Waals surface area contributed by atoms with Gasteiger partial charge in [0.2, 0.25) is 0 Å². The van der Waals surface area contributed by atoms with Gasteiger partial charge < -0.3 is 0 Å². The van der Waals surface area contributed by atoms with Gasteiger partial charge in [0.1, 0.15) is 0 Å². The van der Waals surface area contributed by atoms with Gasteiger partial charge in [-0.25, -0.2) is 0 Å². The van der Waals surface area contributed by atoms with Gasteiger partial charge in [-0.1, -0.05) is 56.5 Å². The van der Waals surface area contributed by atoms with E-state index in [-0.39, 0.29) is 0 Å². The lowest BCUT2D eigenvalue weighted by atomic mass is 9.71. The Balaban J connectivity index is 1.68. The van der Waals surface area contributed by atoms with Crippen molar-refractivity contribution in [1.29, 1.82) is 0 Å². The van der Waals surface area contributed by atoms with Crippen LogP contribution in [-0.2, 0) is 0 Å². The molecule has 0 radical (unpaired) electrons. The molecule has 0 spiro atoms. The molecular formula is C20H28O. The number of ketones is 1. The van der Waals surface area contributed by atoms with Crippen LogP contribution in [0.4, 0.5) is 0 Å². The minimum Gasteiger partial charge on any atom is -0.294 e. The largest absolute Gasteiger partial charge is 0.294 e. The van der Waals surface area contributed by atoms with E-state index in [4.69, 9.17) is 0 Å². The molecule has 2 saturated carbocycles. The third-order valence-corrected chi connectivity index (χ3v) is 5.88. The van der Waals surface area contributed by atoms with Crippen molar-refractivity contribution in [2.45, 2.75) is 64.7 Å². The number of benzene rings is 1. The third kappa shape index (κ3) is 3.75. The molecule has 0 saturated heterocycles. The molecular weight excluding hydrogens is 256 g/mol. The van der Waals surface area contributed by atoms with Crippen LogP contribution < -0.4 is 0 Å². The van der Waals surface area contributed by atoms with Crippen LogP contribution in [0.5, 0.6) is 0 Å². The normalized spacial score (nSPS) is 33.0. The number of Topliss-reactive ketones (excluding diaryl/α,β-unsaturated/α-hetero) is 1. The highest BCUT2D eigenvalue weighted by Gasteiger charge is 2.34. The Morgan fingerprint density at radius 1 is 1.10 bits per heavy atom. The predicted molar refractivity (Wildman–Crippen MR) is 87.4 cm³/mol. The van der Waals surface area contributed by atoms with E-state index in [1.54, 1.807) is 0 Å². The molecule has 2 aliphatic rings. The molecule has 0 aliphatic heterocycles. The fraction of sp³-hybridized carbons (Fsp3) is 0.650. The predicted octanol–water partition coefficient (Wildman–Crippen LogP) is 5.65. The highest BCUT2D eigenvalue weighted by Crippen LogP contribution is 2.46. The van der Waals surface area contributed by atoms with Gasteiger partial charge in [0.05, 0.1) is 0 Å².